The van der Waals surface area contributed by atoms with Crippen molar-refractivity contribution in [2.24, 2.45) is 11.7 Å². The van der Waals surface area contributed by atoms with Crippen LogP contribution in [0.25, 0.3) is 0 Å². The number of nitrogens with two attached hydrogens (primary N) is 1. The van der Waals surface area contributed by atoms with Gasteiger partial charge in [-0.25, -0.2) is 0 Å². The van der Waals surface area contributed by atoms with Crippen molar-refractivity contribution in [3.63, 3.8) is 0 Å². The predicted molar refractivity (Wildman–Crippen MR) is 81.7 cm³/mol. The zero-order chi connectivity index (χ0) is 14.4. The molecule has 0 aliphatic heterocycles. The molecule has 0 aliphatic rings. The smallest absolute Gasteiger partial charge is 0.123 e. The Hall–Kier alpha value is -1.06. The van der Waals surface area contributed by atoms with Crippen LogP contribution in [-0.2, 0) is 0 Å². The third-order valence-electron chi connectivity index (χ3n) is 3.69. The second kappa shape index (κ2) is 7.51. The fraction of sp³-hybridized carbons (Fsp3) is 0.625. The molecule has 0 aliphatic carbocycles. The fourth-order valence-corrected chi connectivity index (χ4v) is 2.27. The summed E-state index contributed by atoms with van der Waals surface area (Å²) in [7, 11) is 3.73. The number of methoxy groups -OCH3 is 1. The fourth-order valence-electron chi connectivity index (χ4n) is 2.27. The van der Waals surface area contributed by atoms with Gasteiger partial charge in [0.2, 0.25) is 0 Å². The topological polar surface area (TPSA) is 47.3 Å². The van der Waals surface area contributed by atoms with Crippen molar-refractivity contribution in [3.05, 3.63) is 29.3 Å². The highest BCUT2D eigenvalue weighted by Gasteiger charge is 2.17. The summed E-state index contributed by atoms with van der Waals surface area (Å²) in [6.07, 6.45) is 1.02. The van der Waals surface area contributed by atoms with E-state index in [9.17, 15) is 0 Å². The predicted octanol–water partition coefficient (Wildman–Crippen LogP) is 3.06. The molecule has 3 N–H and O–H groups in total. The molecule has 0 bridgehead atoms. The number of hydrogen-bond donors (Lipinski definition) is 2. The highest BCUT2D eigenvalue weighted by Crippen LogP contribution is 2.31. The van der Waals surface area contributed by atoms with Gasteiger partial charge < -0.3 is 15.8 Å². The zero-order valence-electron chi connectivity index (χ0n) is 12.9. The molecule has 2 unspecified atom stereocenters. The Morgan fingerprint density at radius 2 is 1.95 bits per heavy atom. The Balaban J connectivity index is 3.02. The van der Waals surface area contributed by atoms with Crippen molar-refractivity contribution in [1.82, 2.24) is 5.32 Å². The van der Waals surface area contributed by atoms with E-state index in [4.69, 9.17) is 10.5 Å². The van der Waals surface area contributed by atoms with Crippen LogP contribution in [-0.4, -0.2) is 20.7 Å². The summed E-state index contributed by atoms with van der Waals surface area (Å²) in [4.78, 5) is 0. The van der Waals surface area contributed by atoms with E-state index in [1.807, 2.05) is 7.05 Å². The molecule has 19 heavy (non-hydrogen) atoms. The minimum atomic E-state index is 0.287. The van der Waals surface area contributed by atoms with E-state index in [0.717, 1.165) is 12.2 Å². The van der Waals surface area contributed by atoms with E-state index in [1.54, 1.807) is 7.11 Å². The molecule has 0 amide bonds. The summed E-state index contributed by atoms with van der Waals surface area (Å²) < 4.78 is 5.56. The lowest BCUT2D eigenvalue weighted by Gasteiger charge is -2.23. The van der Waals surface area contributed by atoms with Crippen LogP contribution in [0.2, 0.25) is 0 Å². The Kier molecular flexibility index (Phi) is 6.32. The van der Waals surface area contributed by atoms with E-state index < -0.39 is 0 Å². The quantitative estimate of drug-likeness (QED) is 0.795. The summed E-state index contributed by atoms with van der Waals surface area (Å²) >= 11 is 0. The third-order valence-corrected chi connectivity index (χ3v) is 3.69. The maximum Gasteiger partial charge on any atom is 0.123 e. The molecular formula is C16H28N2O. The van der Waals surface area contributed by atoms with Crippen LogP contribution in [0.4, 0.5) is 0 Å². The van der Waals surface area contributed by atoms with Crippen molar-refractivity contribution in [2.75, 3.05) is 20.7 Å². The first-order valence-electron chi connectivity index (χ1n) is 7.08. The van der Waals surface area contributed by atoms with Gasteiger partial charge in [0.1, 0.15) is 5.75 Å². The van der Waals surface area contributed by atoms with Crippen LogP contribution < -0.4 is 15.8 Å². The maximum atomic E-state index is 5.73. The van der Waals surface area contributed by atoms with Crippen LogP contribution in [0.15, 0.2) is 18.2 Å². The van der Waals surface area contributed by atoms with Gasteiger partial charge >= 0.3 is 0 Å². The molecule has 108 valence electrons. The molecule has 1 rings (SSSR count). The molecule has 3 heteroatoms. The maximum absolute atomic E-state index is 5.73. The van der Waals surface area contributed by atoms with Gasteiger partial charge in [0.15, 0.2) is 0 Å². The van der Waals surface area contributed by atoms with Gasteiger partial charge in [-0.3, -0.25) is 0 Å². The highest BCUT2D eigenvalue weighted by molar-refractivity contribution is 5.40. The molecule has 3 nitrogen and oxygen atoms in total. The van der Waals surface area contributed by atoms with Crippen molar-refractivity contribution >= 4 is 0 Å². The SMILES string of the molecule is CNC(CC(C)CN)c1ccc(C(C)C)cc1OC. The third kappa shape index (κ3) is 4.22. The molecule has 1 aromatic carbocycles. The first-order chi connectivity index (χ1) is 9.03. The number of rotatable bonds is 7. The van der Waals surface area contributed by atoms with Crippen molar-refractivity contribution in [1.29, 1.82) is 0 Å². The Morgan fingerprint density at radius 3 is 2.42 bits per heavy atom. The van der Waals surface area contributed by atoms with E-state index in [-0.39, 0.29) is 6.04 Å². The van der Waals surface area contributed by atoms with Crippen molar-refractivity contribution in [3.8, 4) is 5.75 Å². The minimum absolute atomic E-state index is 0.287. The van der Waals surface area contributed by atoms with Gasteiger partial charge in [-0.05, 0) is 43.5 Å². The first-order valence-corrected chi connectivity index (χ1v) is 7.08. The highest BCUT2D eigenvalue weighted by atomic mass is 16.5. The summed E-state index contributed by atoms with van der Waals surface area (Å²) in [5, 5.41) is 3.37. The number of hydrogen-bond acceptors (Lipinski definition) is 3. The van der Waals surface area contributed by atoms with Crippen LogP contribution in [0, 0.1) is 5.92 Å². The average Bonchev–Trinajstić information content (AvgIpc) is 2.43. The number of ether oxygens (including phenoxy) is 1. The van der Waals surface area contributed by atoms with Gasteiger partial charge in [0, 0.05) is 11.6 Å². The average molecular weight is 264 g/mol. The molecule has 0 fully saturated rings. The molecule has 0 radical (unpaired) electrons. The Bertz CT molecular complexity index is 390. The summed E-state index contributed by atoms with van der Waals surface area (Å²) in [6.45, 7) is 7.28. The van der Waals surface area contributed by atoms with Crippen molar-refractivity contribution < 1.29 is 4.74 Å². The van der Waals surface area contributed by atoms with E-state index in [1.165, 1.54) is 11.1 Å². The summed E-state index contributed by atoms with van der Waals surface area (Å²) in [5.74, 6) is 1.97. The largest absolute Gasteiger partial charge is 0.496 e. The van der Waals surface area contributed by atoms with E-state index in [0.29, 0.717) is 18.4 Å². The van der Waals surface area contributed by atoms with Crippen LogP contribution in [0.5, 0.6) is 5.75 Å². The minimum Gasteiger partial charge on any atom is -0.496 e. The van der Waals surface area contributed by atoms with Gasteiger partial charge in [0.05, 0.1) is 7.11 Å². The van der Waals surface area contributed by atoms with E-state index in [2.05, 4.69) is 44.3 Å². The van der Waals surface area contributed by atoms with Gasteiger partial charge in [-0.1, -0.05) is 32.9 Å². The van der Waals surface area contributed by atoms with Gasteiger partial charge in [-0.15, -0.1) is 0 Å². The van der Waals surface area contributed by atoms with Crippen LogP contribution >= 0.6 is 0 Å². The lowest BCUT2D eigenvalue weighted by Crippen LogP contribution is -2.23. The molecule has 2 atom stereocenters. The Morgan fingerprint density at radius 1 is 1.26 bits per heavy atom. The lowest BCUT2D eigenvalue weighted by molar-refractivity contribution is 0.384. The van der Waals surface area contributed by atoms with Crippen LogP contribution in [0.3, 0.4) is 0 Å². The monoisotopic (exact) mass is 264 g/mol. The summed E-state index contributed by atoms with van der Waals surface area (Å²) in [6, 6.07) is 6.81. The molecule has 0 saturated carbocycles. The molecule has 0 aromatic heterocycles. The number of nitrogens with one attached hydrogen (secondary N) is 1. The first kappa shape index (κ1) is 16.0. The molecule has 1 aromatic rings. The van der Waals surface area contributed by atoms with Gasteiger partial charge in [-0.2, -0.15) is 0 Å². The zero-order valence-corrected chi connectivity index (χ0v) is 12.9. The Labute approximate surface area is 117 Å². The molecular weight excluding hydrogens is 236 g/mol. The summed E-state index contributed by atoms with van der Waals surface area (Å²) in [5.41, 5.74) is 8.25. The standard InChI is InChI=1S/C16H28N2O/c1-11(2)13-6-7-14(16(9-13)19-5)15(18-4)8-12(3)10-17/h6-7,9,11-12,15,18H,8,10,17H2,1-5H3. The lowest BCUT2D eigenvalue weighted by atomic mass is 9.93. The van der Waals surface area contributed by atoms with Crippen molar-refractivity contribution in [2.45, 2.75) is 39.2 Å². The van der Waals surface area contributed by atoms with Crippen LogP contribution in [0.1, 0.15) is 50.3 Å². The number of benzene rings is 1. The second-order valence-corrected chi connectivity index (χ2v) is 5.57. The normalized spacial score (nSPS) is 14.5. The van der Waals surface area contributed by atoms with Gasteiger partial charge in [0.25, 0.3) is 0 Å². The second-order valence-electron chi connectivity index (χ2n) is 5.57. The molecule has 0 saturated heterocycles. The molecule has 0 heterocycles. The van der Waals surface area contributed by atoms with E-state index >= 15 is 0 Å². The molecule has 0 spiro atoms.